The largest absolute Gasteiger partial charge is 0.352 e. The summed E-state index contributed by atoms with van der Waals surface area (Å²) in [5, 5.41) is 11.4. The third-order valence-electron chi connectivity index (χ3n) is 4.64. The molecule has 0 aliphatic carbocycles. The molecule has 0 spiro atoms. The number of aryl methyl sites for hydroxylation is 1. The molecule has 0 amide bonds. The van der Waals surface area contributed by atoms with E-state index < -0.39 is 0 Å². The molecule has 1 aromatic carbocycles. The Kier molecular flexibility index (Phi) is 8.54. The summed E-state index contributed by atoms with van der Waals surface area (Å²) < 4.78 is 15.6. The Morgan fingerprint density at radius 2 is 2.21 bits per heavy atom. The fourth-order valence-corrected chi connectivity index (χ4v) is 3.74. The van der Waals surface area contributed by atoms with Crippen LogP contribution in [0.4, 0.5) is 4.39 Å². The van der Waals surface area contributed by atoms with E-state index in [2.05, 4.69) is 39.6 Å². The van der Waals surface area contributed by atoms with Crippen molar-refractivity contribution in [2.24, 2.45) is 4.99 Å². The first-order chi connectivity index (χ1) is 13.0. The molecular weight excluding hydrogens is 490 g/mol. The molecule has 0 saturated carbocycles. The maximum atomic E-state index is 13.6. The summed E-state index contributed by atoms with van der Waals surface area (Å²) in [6.45, 7) is 5.51. The fraction of sp³-hybridized carbons (Fsp3) is 0.526. The zero-order valence-corrected chi connectivity index (χ0v) is 19.8. The molecule has 1 atom stereocenters. The summed E-state index contributed by atoms with van der Waals surface area (Å²) in [7, 11) is 1.75. The SMILES string of the molecule is CN=C(NCc1cc(F)ccc1SC)NC1CCc2nc(C(C)C)nn2C1.I. The van der Waals surface area contributed by atoms with Gasteiger partial charge in [0, 0.05) is 36.9 Å². The van der Waals surface area contributed by atoms with Gasteiger partial charge in [0.2, 0.25) is 0 Å². The van der Waals surface area contributed by atoms with Crippen LogP contribution < -0.4 is 10.6 Å². The lowest BCUT2D eigenvalue weighted by Gasteiger charge is -2.25. The van der Waals surface area contributed by atoms with Crippen molar-refractivity contribution in [3.05, 3.63) is 41.2 Å². The number of hydrogen-bond acceptors (Lipinski definition) is 4. The van der Waals surface area contributed by atoms with E-state index in [1.54, 1.807) is 24.9 Å². The molecule has 2 heterocycles. The van der Waals surface area contributed by atoms with Crippen LogP contribution in [0.2, 0.25) is 0 Å². The lowest BCUT2D eigenvalue weighted by molar-refractivity contribution is 0.391. The molecule has 1 aliphatic heterocycles. The quantitative estimate of drug-likeness (QED) is 0.274. The number of fused-ring (bicyclic) bond motifs is 1. The molecule has 9 heteroatoms. The Balaban J connectivity index is 0.00000280. The molecule has 0 bridgehead atoms. The number of benzene rings is 1. The first-order valence-electron chi connectivity index (χ1n) is 9.23. The van der Waals surface area contributed by atoms with Crippen molar-refractivity contribution in [2.45, 2.75) is 56.6 Å². The average molecular weight is 518 g/mol. The average Bonchev–Trinajstić information content (AvgIpc) is 3.09. The van der Waals surface area contributed by atoms with Gasteiger partial charge in [-0.25, -0.2) is 14.1 Å². The molecule has 3 rings (SSSR count). The number of aliphatic imine (C=N–C) groups is 1. The first kappa shape index (κ1) is 22.9. The Morgan fingerprint density at radius 3 is 2.89 bits per heavy atom. The minimum Gasteiger partial charge on any atom is -0.352 e. The maximum Gasteiger partial charge on any atom is 0.191 e. The summed E-state index contributed by atoms with van der Waals surface area (Å²) in [4.78, 5) is 10.0. The van der Waals surface area contributed by atoms with Crippen LogP contribution in [0.15, 0.2) is 28.1 Å². The zero-order chi connectivity index (χ0) is 19.4. The molecule has 0 saturated heterocycles. The van der Waals surface area contributed by atoms with E-state index in [0.717, 1.165) is 41.5 Å². The predicted octanol–water partition coefficient (Wildman–Crippen LogP) is 3.56. The number of nitrogens with one attached hydrogen (secondary N) is 2. The normalized spacial score (nSPS) is 16.5. The summed E-state index contributed by atoms with van der Waals surface area (Å²) in [6.07, 6.45) is 3.87. The highest BCUT2D eigenvalue weighted by atomic mass is 127. The van der Waals surface area contributed by atoms with Crippen LogP contribution in [0.25, 0.3) is 0 Å². The van der Waals surface area contributed by atoms with Crippen LogP contribution in [-0.2, 0) is 19.5 Å². The summed E-state index contributed by atoms with van der Waals surface area (Å²) >= 11 is 1.61. The number of rotatable bonds is 5. The highest BCUT2D eigenvalue weighted by Crippen LogP contribution is 2.21. The second-order valence-electron chi connectivity index (χ2n) is 6.98. The van der Waals surface area contributed by atoms with Crippen LogP contribution in [0.1, 0.15) is 43.4 Å². The van der Waals surface area contributed by atoms with Crippen LogP contribution in [-0.4, -0.2) is 40.1 Å². The molecule has 154 valence electrons. The maximum absolute atomic E-state index is 13.6. The zero-order valence-electron chi connectivity index (χ0n) is 16.7. The monoisotopic (exact) mass is 518 g/mol. The van der Waals surface area contributed by atoms with Gasteiger partial charge in [-0.05, 0) is 36.4 Å². The topological polar surface area (TPSA) is 67.1 Å². The Morgan fingerprint density at radius 1 is 1.43 bits per heavy atom. The minimum absolute atomic E-state index is 0. The van der Waals surface area contributed by atoms with Crippen molar-refractivity contribution in [2.75, 3.05) is 13.3 Å². The van der Waals surface area contributed by atoms with Gasteiger partial charge in [-0.2, -0.15) is 5.10 Å². The molecular formula is C19H28FIN6S. The van der Waals surface area contributed by atoms with E-state index >= 15 is 0 Å². The highest BCUT2D eigenvalue weighted by Gasteiger charge is 2.23. The Hall–Kier alpha value is -1.36. The molecule has 1 aliphatic rings. The Labute approximate surface area is 187 Å². The van der Waals surface area contributed by atoms with E-state index in [1.807, 2.05) is 17.0 Å². The number of guanidine groups is 1. The van der Waals surface area contributed by atoms with E-state index in [0.29, 0.717) is 18.4 Å². The van der Waals surface area contributed by atoms with Gasteiger partial charge in [-0.3, -0.25) is 4.99 Å². The van der Waals surface area contributed by atoms with Crippen LogP contribution in [0.5, 0.6) is 0 Å². The lowest BCUT2D eigenvalue weighted by Crippen LogP contribution is -2.46. The van der Waals surface area contributed by atoms with Crippen LogP contribution in [0.3, 0.4) is 0 Å². The van der Waals surface area contributed by atoms with Crippen molar-refractivity contribution in [1.29, 1.82) is 0 Å². The number of nitrogens with zero attached hydrogens (tertiary/aromatic N) is 4. The molecule has 1 unspecified atom stereocenters. The summed E-state index contributed by atoms with van der Waals surface area (Å²) in [5.41, 5.74) is 0.925. The van der Waals surface area contributed by atoms with E-state index in [4.69, 9.17) is 0 Å². The van der Waals surface area contributed by atoms with E-state index in [1.165, 1.54) is 6.07 Å². The van der Waals surface area contributed by atoms with Crippen molar-refractivity contribution in [1.82, 2.24) is 25.4 Å². The number of hydrogen-bond donors (Lipinski definition) is 2. The van der Waals surface area contributed by atoms with Gasteiger partial charge in [-0.15, -0.1) is 35.7 Å². The smallest absolute Gasteiger partial charge is 0.191 e. The number of aromatic nitrogens is 3. The lowest BCUT2D eigenvalue weighted by atomic mass is 10.1. The van der Waals surface area contributed by atoms with Crippen LogP contribution in [0, 0.1) is 5.82 Å². The number of halogens is 2. The van der Waals surface area contributed by atoms with Crippen molar-refractivity contribution >= 4 is 41.7 Å². The third-order valence-corrected chi connectivity index (χ3v) is 5.48. The van der Waals surface area contributed by atoms with Gasteiger partial charge in [0.1, 0.15) is 11.6 Å². The van der Waals surface area contributed by atoms with Crippen LogP contribution >= 0.6 is 35.7 Å². The fourth-order valence-electron chi connectivity index (χ4n) is 3.14. The molecule has 0 radical (unpaired) electrons. The standard InChI is InChI=1S/C19H27FN6S.HI/c1-12(2)18-24-17-8-6-15(11-26(17)25-18)23-19(21-3)22-10-13-9-14(20)5-7-16(13)27-4;/h5,7,9,12,15H,6,8,10-11H2,1-4H3,(H2,21,22,23);1H. The third kappa shape index (κ3) is 5.59. The minimum atomic E-state index is -0.223. The van der Waals surface area contributed by atoms with Gasteiger partial charge >= 0.3 is 0 Å². The van der Waals surface area contributed by atoms with Gasteiger partial charge in [-0.1, -0.05) is 13.8 Å². The first-order valence-corrected chi connectivity index (χ1v) is 10.5. The van der Waals surface area contributed by atoms with E-state index in [9.17, 15) is 4.39 Å². The molecule has 1 aromatic heterocycles. The van der Waals surface area contributed by atoms with E-state index in [-0.39, 0.29) is 35.8 Å². The highest BCUT2D eigenvalue weighted by molar-refractivity contribution is 14.0. The van der Waals surface area contributed by atoms with Crippen molar-refractivity contribution < 1.29 is 4.39 Å². The predicted molar refractivity (Wildman–Crippen MR) is 123 cm³/mol. The molecule has 0 fully saturated rings. The molecule has 6 nitrogen and oxygen atoms in total. The molecule has 2 N–H and O–H groups in total. The van der Waals surface area contributed by atoms with Crippen molar-refractivity contribution in [3.63, 3.8) is 0 Å². The second-order valence-corrected chi connectivity index (χ2v) is 7.83. The summed E-state index contributed by atoms with van der Waals surface area (Å²) in [5.74, 6) is 2.79. The van der Waals surface area contributed by atoms with Crippen molar-refractivity contribution in [3.8, 4) is 0 Å². The van der Waals surface area contributed by atoms with Gasteiger partial charge < -0.3 is 10.6 Å². The molecule has 28 heavy (non-hydrogen) atoms. The number of thioether (sulfide) groups is 1. The molecule has 2 aromatic rings. The van der Waals surface area contributed by atoms with Gasteiger partial charge in [0.25, 0.3) is 0 Å². The Bertz CT molecular complexity index is 823. The van der Waals surface area contributed by atoms with Gasteiger partial charge in [0.15, 0.2) is 11.8 Å². The van der Waals surface area contributed by atoms with Gasteiger partial charge in [0.05, 0.1) is 6.54 Å². The summed E-state index contributed by atoms with van der Waals surface area (Å²) in [6, 6.07) is 5.11. The second kappa shape index (κ2) is 10.4.